The fourth-order valence-corrected chi connectivity index (χ4v) is 26.2. The smallest absolute Gasteiger partial charge is 0.160 e. The quantitative estimate of drug-likeness (QED) is 0.121. The maximum atomic E-state index is 13.9. The topological polar surface area (TPSA) is 88.1 Å². The highest BCUT2D eigenvalue weighted by molar-refractivity contribution is 6.32. The van der Waals surface area contributed by atoms with E-state index >= 15 is 0 Å². The van der Waals surface area contributed by atoms with Crippen molar-refractivity contribution in [3.05, 3.63) is 209 Å². The Hall–Kier alpha value is -5.74. The number of aliphatic hydroxyl groups excluding tert-OH is 2. The number of hydrogen-bond donors (Lipinski definition) is 3. The van der Waals surface area contributed by atoms with Gasteiger partial charge in [0.05, 0.1) is 13.2 Å². The Labute approximate surface area is 846 Å². The molecular formula is C115H162Cl5F3N12O2. The summed E-state index contributed by atoms with van der Waals surface area (Å²) in [5.41, 5.74) is 18.5. The molecule has 137 heavy (non-hydrogen) atoms. The lowest BCUT2D eigenvalue weighted by Crippen LogP contribution is -2.51. The highest BCUT2D eigenvalue weighted by atomic mass is 35.5. The summed E-state index contributed by atoms with van der Waals surface area (Å²) in [5, 5.41) is 26.0. The summed E-state index contributed by atoms with van der Waals surface area (Å²) in [6.45, 7) is 65.8. The molecule has 14 nitrogen and oxygen atoms in total. The van der Waals surface area contributed by atoms with Gasteiger partial charge in [-0.2, -0.15) is 0 Å². The summed E-state index contributed by atoms with van der Waals surface area (Å²) < 4.78 is 41.3. The first-order valence-electron chi connectivity index (χ1n) is 52.0. The molecule has 22 heteroatoms. The number of nitrogens with one attached hydrogen (secondary N) is 1. The predicted octanol–water partition coefficient (Wildman–Crippen LogP) is 24.8. The molecule has 2 saturated carbocycles. The first-order chi connectivity index (χ1) is 64.6. The van der Waals surface area contributed by atoms with E-state index in [1.165, 1.54) is 172 Å². The van der Waals surface area contributed by atoms with Crippen LogP contribution in [0.2, 0.25) is 25.1 Å². The van der Waals surface area contributed by atoms with E-state index in [0.29, 0.717) is 17.4 Å². The Kier molecular flexibility index (Phi) is 30.9. The van der Waals surface area contributed by atoms with Crippen LogP contribution in [0.5, 0.6) is 0 Å². The number of rotatable bonds is 10. The van der Waals surface area contributed by atoms with Gasteiger partial charge >= 0.3 is 0 Å². The molecule has 0 aromatic heterocycles. The van der Waals surface area contributed by atoms with Crippen molar-refractivity contribution in [1.82, 2.24) is 29.8 Å². The molecule has 2 aliphatic carbocycles. The average molecular weight is 1980 g/mol. The molecule has 8 fully saturated rings. The number of piperidine rings is 6. The summed E-state index contributed by atoms with van der Waals surface area (Å²) >= 11 is 31.4. The van der Waals surface area contributed by atoms with E-state index in [0.717, 1.165) is 197 Å². The standard InChI is InChI=1S/C23H28Cl2N2.2C20H29ClN2.C18H27ClN2O.C18H27FN2O.C16H22F2N2/c1-22(2,3)27-16-23(20-14-19(25)8-9-21(20)27)10-12-26(13-11-23)15-17-4-6-18(24)7-5-17;2*1-19(2,3)23-14-20(17-12-16(21)6-7-18(17)23)8-10-22(11-9-20)13-15-4-5-15;1-17(2,3)21-13-18(6-8-20(9-7-18)10-11-22)15-12-14(19)4-5-16(15)21;1-17(2,3)21-13-18(7-4-8-20(12-18)9-10-22)15-11-14(19)5-6-16(15)21;1-15(2,3)20-10-16(4-6-19-7-5-16)11-8-12(17)13(18)9-14(11)20/h4-9,14H,10-13,15-16H2,1-3H3;2*6-7,12,15H,4-5,8-11,13-14H2,1-3H3;4-5,12,22H,6-11,13H2,1-3H3;5-6,11,22H,4,7-10,12-13H2,1-3H3;8-9,19H,4-7,10H2,1-3H3. The van der Waals surface area contributed by atoms with Crippen LogP contribution in [0.15, 0.2) is 127 Å². The van der Waals surface area contributed by atoms with E-state index in [-0.39, 0.29) is 73.9 Å². The summed E-state index contributed by atoms with van der Waals surface area (Å²) in [4.78, 5) is 27.6. The predicted molar refractivity (Wildman–Crippen MR) is 572 cm³/mol. The largest absolute Gasteiger partial charge is 0.395 e. The third-order valence-electron chi connectivity index (χ3n) is 33.7. The van der Waals surface area contributed by atoms with Crippen molar-refractivity contribution in [2.24, 2.45) is 11.8 Å². The molecule has 12 aliphatic heterocycles. The Morgan fingerprint density at radius 1 is 0.299 bits per heavy atom. The number of fused-ring (bicyclic) bond motifs is 12. The highest BCUT2D eigenvalue weighted by Gasteiger charge is 2.55. The van der Waals surface area contributed by atoms with Crippen LogP contribution >= 0.6 is 58.0 Å². The van der Waals surface area contributed by atoms with Crippen LogP contribution in [0.1, 0.15) is 266 Å². The van der Waals surface area contributed by atoms with Gasteiger partial charge in [-0.05, 0) is 459 Å². The van der Waals surface area contributed by atoms with Crippen LogP contribution in [-0.4, -0.2) is 225 Å². The molecule has 0 amide bonds. The molecule has 750 valence electrons. The van der Waals surface area contributed by atoms with Gasteiger partial charge in [-0.15, -0.1) is 0 Å². The van der Waals surface area contributed by atoms with Crippen molar-refractivity contribution in [2.75, 3.05) is 187 Å². The van der Waals surface area contributed by atoms with E-state index in [1.807, 2.05) is 30.3 Å². The fraction of sp³-hybridized carbons (Fsp3) is 0.635. The maximum absolute atomic E-state index is 13.9. The SMILES string of the molecule is CC(C)(C)N1CC2(CCCN(CCO)C2)c2cc(F)ccc21.CC(C)(C)N1CC2(CCN(CC3CC3)CC2)c2cc(Cl)ccc21.CC(C)(C)N1CC2(CCN(CC3CC3)CC2)c2cc(Cl)ccc21.CC(C)(C)N1CC2(CCN(CCO)CC2)c2cc(Cl)ccc21.CC(C)(C)N1CC2(CCN(Cc3ccc(Cl)cc3)CC2)c2cc(Cl)ccc21.CC(C)(C)N1CC2(CCNCC2)c2cc(F)c(F)cc21. The number of benzene rings is 7. The van der Waals surface area contributed by atoms with Crippen molar-refractivity contribution in [3.8, 4) is 0 Å². The van der Waals surface area contributed by atoms with Crippen LogP contribution < -0.4 is 34.7 Å². The molecule has 3 N–H and O–H groups in total. The van der Waals surface area contributed by atoms with Gasteiger partial charge in [0.2, 0.25) is 0 Å². The zero-order chi connectivity index (χ0) is 98.2. The van der Waals surface area contributed by atoms with Gasteiger partial charge in [-0.1, -0.05) is 70.1 Å². The molecule has 21 rings (SSSR count). The lowest BCUT2D eigenvalue weighted by Gasteiger charge is -2.42. The Morgan fingerprint density at radius 2 is 0.591 bits per heavy atom. The molecule has 6 spiro atoms. The Balaban J connectivity index is 0.000000119. The van der Waals surface area contributed by atoms with Crippen LogP contribution in [-0.2, 0) is 39.0 Å². The van der Waals surface area contributed by atoms with Crippen molar-refractivity contribution in [3.63, 3.8) is 0 Å². The van der Waals surface area contributed by atoms with Gasteiger partial charge in [-0.25, -0.2) is 13.2 Å². The van der Waals surface area contributed by atoms with Crippen molar-refractivity contribution >= 4 is 92.1 Å². The summed E-state index contributed by atoms with van der Waals surface area (Å²) in [6, 6.07) is 42.3. The lowest BCUT2D eigenvalue weighted by atomic mass is 9.74. The molecule has 6 saturated heterocycles. The molecule has 0 radical (unpaired) electrons. The monoisotopic (exact) mass is 1980 g/mol. The summed E-state index contributed by atoms with van der Waals surface area (Å²) in [7, 11) is 0. The van der Waals surface area contributed by atoms with Crippen LogP contribution in [0.25, 0.3) is 0 Å². The highest BCUT2D eigenvalue weighted by Crippen LogP contribution is 2.58. The lowest BCUT2D eigenvalue weighted by molar-refractivity contribution is 0.124. The van der Waals surface area contributed by atoms with Crippen LogP contribution in [0.4, 0.5) is 47.3 Å². The average Bonchev–Trinajstić information content (AvgIpc) is 1.60. The Bertz CT molecular complexity index is 5210. The van der Waals surface area contributed by atoms with Gasteiger partial charge in [0.15, 0.2) is 11.6 Å². The van der Waals surface area contributed by atoms with Crippen LogP contribution in [0, 0.1) is 29.3 Å². The van der Waals surface area contributed by atoms with Gasteiger partial charge < -0.3 is 64.5 Å². The molecule has 14 aliphatic rings. The first kappa shape index (κ1) is 104. The van der Waals surface area contributed by atoms with Gasteiger partial charge in [0.1, 0.15) is 5.82 Å². The van der Waals surface area contributed by atoms with E-state index in [9.17, 15) is 18.3 Å². The van der Waals surface area contributed by atoms with Crippen molar-refractivity contribution in [1.29, 1.82) is 0 Å². The molecule has 7 aromatic rings. The number of likely N-dealkylation sites (tertiary alicyclic amines) is 5. The second kappa shape index (κ2) is 40.7. The van der Waals surface area contributed by atoms with Gasteiger partial charge in [-0.3, -0.25) is 4.90 Å². The number of β-amino-alcohol motifs (C(OH)–C–C–N with tert-alkyl or cyclic N) is 2. The minimum absolute atomic E-state index is 0.00185. The summed E-state index contributed by atoms with van der Waals surface area (Å²) in [6.07, 6.45) is 19.8. The molecule has 0 bridgehead atoms. The molecule has 12 heterocycles. The van der Waals surface area contributed by atoms with Crippen LogP contribution in [0.3, 0.4) is 0 Å². The first-order valence-corrected chi connectivity index (χ1v) is 53.9. The van der Waals surface area contributed by atoms with E-state index < -0.39 is 11.6 Å². The number of anilines is 6. The second-order valence-corrected chi connectivity index (χ2v) is 51.8. The van der Waals surface area contributed by atoms with Crippen molar-refractivity contribution in [2.45, 2.75) is 300 Å². The van der Waals surface area contributed by atoms with E-state index in [2.05, 4.69) is 257 Å². The molecule has 1 unspecified atom stereocenters. The molecule has 7 aromatic carbocycles. The fourth-order valence-electron chi connectivity index (χ4n) is 25.4. The number of nitrogens with zero attached hydrogens (tertiary/aromatic N) is 11. The normalized spacial score (nSPS) is 22.7. The number of halogens is 8. The zero-order valence-electron chi connectivity index (χ0n) is 86.1. The second-order valence-electron chi connectivity index (χ2n) is 49.6. The number of aliphatic hydroxyl groups is 2. The molecule has 1 atom stereocenters. The number of hydrogen-bond acceptors (Lipinski definition) is 14. The minimum Gasteiger partial charge on any atom is -0.395 e. The third kappa shape index (κ3) is 23.0. The zero-order valence-corrected chi connectivity index (χ0v) is 89.9. The van der Waals surface area contributed by atoms with E-state index in [1.54, 1.807) is 12.1 Å². The Morgan fingerprint density at radius 3 is 0.942 bits per heavy atom. The van der Waals surface area contributed by atoms with Gasteiger partial charge in [0, 0.05) is 210 Å². The maximum Gasteiger partial charge on any atom is 0.160 e. The van der Waals surface area contributed by atoms with Crippen molar-refractivity contribution < 1.29 is 23.4 Å². The van der Waals surface area contributed by atoms with E-state index in [4.69, 9.17) is 63.1 Å². The summed E-state index contributed by atoms with van der Waals surface area (Å²) in [5.74, 6) is 0.385. The minimum atomic E-state index is -0.746. The molecular weight excluding hydrogens is 1820 g/mol. The van der Waals surface area contributed by atoms with Gasteiger partial charge in [0.25, 0.3) is 0 Å². The third-order valence-corrected chi connectivity index (χ3v) is 34.9.